The third-order valence-electron chi connectivity index (χ3n) is 5.51. The zero-order valence-electron chi connectivity index (χ0n) is 14.4. The molecule has 0 radical (unpaired) electrons. The summed E-state index contributed by atoms with van der Waals surface area (Å²) in [6.07, 6.45) is 4.52. The van der Waals surface area contributed by atoms with Crippen molar-refractivity contribution < 1.29 is 9.18 Å². The predicted octanol–water partition coefficient (Wildman–Crippen LogP) is 3.85. The number of rotatable bonds is 2. The van der Waals surface area contributed by atoms with E-state index in [0.717, 1.165) is 16.8 Å². The minimum Gasteiger partial charge on any atom is -0.344 e. The normalized spacial score (nSPS) is 24.1. The van der Waals surface area contributed by atoms with Crippen molar-refractivity contribution in [1.82, 2.24) is 5.32 Å². The first-order chi connectivity index (χ1) is 11.9. The zero-order valence-corrected chi connectivity index (χ0v) is 14.4. The van der Waals surface area contributed by atoms with Crippen molar-refractivity contribution in [3.8, 4) is 0 Å². The van der Waals surface area contributed by atoms with Gasteiger partial charge in [0.1, 0.15) is 11.5 Å². The molecule has 0 aliphatic carbocycles. The lowest BCUT2D eigenvalue weighted by molar-refractivity contribution is -0.124. The number of anilines is 1. The van der Waals surface area contributed by atoms with Gasteiger partial charge >= 0.3 is 0 Å². The number of carbonyl (C=O) groups excluding carboxylic acids is 1. The molecule has 0 aromatic heterocycles. The summed E-state index contributed by atoms with van der Waals surface area (Å²) in [5.74, 6) is -0.226. The van der Waals surface area contributed by atoms with Crippen LogP contribution in [0.3, 0.4) is 0 Å². The van der Waals surface area contributed by atoms with Crippen molar-refractivity contribution in [1.29, 1.82) is 0 Å². The average Bonchev–Trinajstić information content (AvgIpc) is 2.78. The Morgan fingerprint density at radius 3 is 2.68 bits per heavy atom. The van der Waals surface area contributed by atoms with Crippen molar-refractivity contribution >= 4 is 17.7 Å². The molecule has 2 aromatic rings. The monoisotopic (exact) mass is 336 g/mol. The Balaban J connectivity index is 1.87. The molecule has 25 heavy (non-hydrogen) atoms. The van der Waals surface area contributed by atoms with Gasteiger partial charge in [-0.05, 0) is 35.4 Å². The molecule has 1 fully saturated rings. The predicted molar refractivity (Wildman–Crippen MR) is 97.7 cm³/mol. The van der Waals surface area contributed by atoms with E-state index in [0.29, 0.717) is 13.0 Å². The Kier molecular flexibility index (Phi) is 3.46. The maximum Gasteiger partial charge on any atom is 0.223 e. The van der Waals surface area contributed by atoms with Crippen LogP contribution in [0.25, 0.3) is 6.08 Å². The SMILES string of the molecule is CC1(C)c2cc(F)ccc2N2CCC(=O)N[C@]21/C=C/c1ccccc1. The van der Waals surface area contributed by atoms with Crippen LogP contribution in [-0.2, 0) is 10.2 Å². The summed E-state index contributed by atoms with van der Waals surface area (Å²) < 4.78 is 13.9. The van der Waals surface area contributed by atoms with E-state index in [2.05, 4.69) is 30.1 Å². The van der Waals surface area contributed by atoms with Crippen LogP contribution >= 0.6 is 0 Å². The second kappa shape index (κ2) is 5.45. The number of amides is 1. The van der Waals surface area contributed by atoms with Gasteiger partial charge in [0, 0.05) is 24.1 Å². The molecule has 1 N–H and O–H groups in total. The van der Waals surface area contributed by atoms with E-state index in [1.807, 2.05) is 42.5 Å². The summed E-state index contributed by atoms with van der Waals surface area (Å²) in [5.41, 5.74) is 1.81. The zero-order chi connectivity index (χ0) is 17.7. The van der Waals surface area contributed by atoms with Gasteiger partial charge in [-0.2, -0.15) is 0 Å². The first-order valence-electron chi connectivity index (χ1n) is 8.57. The van der Waals surface area contributed by atoms with Crippen molar-refractivity contribution in [2.24, 2.45) is 0 Å². The highest BCUT2D eigenvalue weighted by Crippen LogP contribution is 2.52. The molecule has 2 heterocycles. The molecule has 2 aromatic carbocycles. The van der Waals surface area contributed by atoms with E-state index in [9.17, 15) is 9.18 Å². The Morgan fingerprint density at radius 2 is 1.92 bits per heavy atom. The van der Waals surface area contributed by atoms with Crippen molar-refractivity contribution in [3.63, 3.8) is 0 Å². The largest absolute Gasteiger partial charge is 0.344 e. The molecular weight excluding hydrogens is 315 g/mol. The number of hydrogen-bond donors (Lipinski definition) is 1. The van der Waals surface area contributed by atoms with Gasteiger partial charge in [0.25, 0.3) is 0 Å². The summed E-state index contributed by atoms with van der Waals surface area (Å²) in [4.78, 5) is 14.5. The molecule has 4 heteroatoms. The summed E-state index contributed by atoms with van der Waals surface area (Å²) in [5, 5.41) is 3.20. The van der Waals surface area contributed by atoms with Crippen LogP contribution in [0.1, 0.15) is 31.4 Å². The van der Waals surface area contributed by atoms with Crippen LogP contribution in [0.15, 0.2) is 54.6 Å². The van der Waals surface area contributed by atoms with E-state index in [4.69, 9.17) is 0 Å². The average molecular weight is 336 g/mol. The molecule has 2 aliphatic rings. The smallest absolute Gasteiger partial charge is 0.223 e. The Labute approximate surface area is 147 Å². The van der Waals surface area contributed by atoms with Crippen LogP contribution < -0.4 is 10.2 Å². The lowest BCUT2D eigenvalue weighted by Gasteiger charge is -2.49. The maximum atomic E-state index is 13.9. The van der Waals surface area contributed by atoms with Gasteiger partial charge in [-0.1, -0.05) is 50.3 Å². The van der Waals surface area contributed by atoms with Gasteiger partial charge in [-0.3, -0.25) is 4.79 Å². The van der Waals surface area contributed by atoms with Gasteiger partial charge in [0.15, 0.2) is 0 Å². The number of halogens is 1. The van der Waals surface area contributed by atoms with E-state index in [-0.39, 0.29) is 11.7 Å². The minimum absolute atomic E-state index is 0.0234. The minimum atomic E-state index is -0.700. The van der Waals surface area contributed by atoms with Crippen molar-refractivity contribution in [2.45, 2.75) is 31.3 Å². The Hall–Kier alpha value is -2.62. The van der Waals surface area contributed by atoms with Crippen LogP contribution in [0.5, 0.6) is 0 Å². The van der Waals surface area contributed by atoms with Crippen LogP contribution in [0.2, 0.25) is 0 Å². The quantitative estimate of drug-likeness (QED) is 0.903. The van der Waals surface area contributed by atoms with E-state index >= 15 is 0 Å². The number of benzene rings is 2. The third kappa shape index (κ3) is 2.28. The van der Waals surface area contributed by atoms with Gasteiger partial charge < -0.3 is 10.2 Å². The Bertz CT molecular complexity index is 859. The maximum absolute atomic E-state index is 13.9. The number of nitrogens with one attached hydrogen (secondary N) is 1. The molecule has 128 valence electrons. The van der Waals surface area contributed by atoms with Crippen molar-refractivity contribution in [3.05, 3.63) is 71.6 Å². The van der Waals surface area contributed by atoms with Gasteiger partial charge in [-0.25, -0.2) is 4.39 Å². The summed E-state index contributed by atoms with van der Waals surface area (Å²) in [7, 11) is 0. The number of fused-ring (bicyclic) bond motifs is 3. The van der Waals surface area contributed by atoms with Gasteiger partial charge in [-0.15, -0.1) is 0 Å². The molecule has 3 nitrogen and oxygen atoms in total. The summed E-state index contributed by atoms with van der Waals surface area (Å²) in [6, 6.07) is 14.9. The molecule has 2 aliphatic heterocycles. The van der Waals surface area contributed by atoms with Gasteiger partial charge in [0.05, 0.1) is 0 Å². The fraction of sp³-hybridized carbons (Fsp3) is 0.286. The molecule has 0 bridgehead atoms. The topological polar surface area (TPSA) is 32.3 Å². The molecule has 4 rings (SSSR count). The standard InChI is InChI=1S/C21H21FN2O/c1-20(2)17-14-16(22)8-9-18(17)24-13-11-19(25)23-21(20,24)12-10-15-6-4-3-5-7-15/h3-10,12,14H,11,13H2,1-2H3,(H,23,25)/b12-10+/t21-/m1/s1. The molecule has 1 atom stereocenters. The highest BCUT2D eigenvalue weighted by molar-refractivity contribution is 5.84. The van der Waals surface area contributed by atoms with Crippen LogP contribution in [-0.4, -0.2) is 18.1 Å². The number of carbonyl (C=O) groups is 1. The number of hydrogen-bond acceptors (Lipinski definition) is 2. The Morgan fingerprint density at radius 1 is 1.16 bits per heavy atom. The molecular formula is C21H21FN2O. The second-order valence-corrected chi connectivity index (χ2v) is 7.25. The third-order valence-corrected chi connectivity index (χ3v) is 5.51. The second-order valence-electron chi connectivity index (χ2n) is 7.25. The first-order valence-corrected chi connectivity index (χ1v) is 8.57. The highest BCUT2D eigenvalue weighted by Gasteiger charge is 2.57. The molecule has 0 unspecified atom stereocenters. The fourth-order valence-electron chi connectivity index (χ4n) is 4.11. The molecule has 0 saturated carbocycles. The lowest BCUT2D eigenvalue weighted by atomic mass is 9.74. The molecule has 1 amide bonds. The van der Waals surface area contributed by atoms with Crippen molar-refractivity contribution in [2.75, 3.05) is 11.4 Å². The lowest BCUT2D eigenvalue weighted by Crippen LogP contribution is -2.68. The highest BCUT2D eigenvalue weighted by atomic mass is 19.1. The van der Waals surface area contributed by atoms with Gasteiger partial charge in [0.2, 0.25) is 5.91 Å². The van der Waals surface area contributed by atoms with E-state index in [1.165, 1.54) is 6.07 Å². The van der Waals surface area contributed by atoms with E-state index < -0.39 is 11.1 Å². The summed E-state index contributed by atoms with van der Waals surface area (Å²) in [6.45, 7) is 4.74. The van der Waals surface area contributed by atoms with E-state index in [1.54, 1.807) is 6.07 Å². The first kappa shape index (κ1) is 15.9. The molecule has 1 saturated heterocycles. The molecule has 0 spiro atoms. The number of nitrogens with zero attached hydrogens (tertiary/aromatic N) is 1. The van der Waals surface area contributed by atoms with Crippen LogP contribution in [0.4, 0.5) is 10.1 Å². The fourth-order valence-corrected chi connectivity index (χ4v) is 4.11. The van der Waals surface area contributed by atoms with Crippen LogP contribution in [0, 0.1) is 5.82 Å². The summed E-state index contributed by atoms with van der Waals surface area (Å²) >= 11 is 0.